The van der Waals surface area contributed by atoms with Crippen LogP contribution < -0.4 is 5.32 Å². The van der Waals surface area contributed by atoms with Gasteiger partial charge in [-0.25, -0.2) is 0 Å². The Labute approximate surface area is 154 Å². The van der Waals surface area contributed by atoms with E-state index in [-0.39, 0.29) is 11.6 Å². The maximum Gasteiger partial charge on any atom is 0.293 e. The topological polar surface area (TPSA) is 75.5 Å². The molecular formula is C18H18BrN3O3. The van der Waals surface area contributed by atoms with Gasteiger partial charge in [0, 0.05) is 35.7 Å². The lowest BCUT2D eigenvalue weighted by Gasteiger charge is -2.18. The van der Waals surface area contributed by atoms with E-state index in [2.05, 4.69) is 21.2 Å². The van der Waals surface area contributed by atoms with Gasteiger partial charge in [0.15, 0.2) is 0 Å². The van der Waals surface area contributed by atoms with Crippen molar-refractivity contribution in [3.8, 4) is 0 Å². The number of carbonyl (C=O) groups excluding carboxylic acids is 1. The molecule has 1 fully saturated rings. The second kappa shape index (κ2) is 7.23. The van der Waals surface area contributed by atoms with E-state index in [1.807, 2.05) is 24.3 Å². The lowest BCUT2D eigenvalue weighted by molar-refractivity contribution is -0.384. The molecule has 0 heterocycles. The Morgan fingerprint density at radius 3 is 2.56 bits per heavy atom. The van der Waals surface area contributed by atoms with Gasteiger partial charge in [-0.1, -0.05) is 28.1 Å². The van der Waals surface area contributed by atoms with Gasteiger partial charge >= 0.3 is 0 Å². The molecule has 6 nitrogen and oxygen atoms in total. The maximum atomic E-state index is 12.6. The first-order chi connectivity index (χ1) is 11.9. The summed E-state index contributed by atoms with van der Waals surface area (Å²) in [4.78, 5) is 25.0. The van der Waals surface area contributed by atoms with Crippen LogP contribution in [0, 0.1) is 10.1 Å². The van der Waals surface area contributed by atoms with E-state index in [0.29, 0.717) is 23.8 Å². The van der Waals surface area contributed by atoms with Crippen LogP contribution in [0.4, 0.5) is 11.4 Å². The molecule has 1 amide bonds. The largest absolute Gasteiger partial charge is 0.377 e. The molecule has 25 heavy (non-hydrogen) atoms. The molecule has 1 N–H and O–H groups in total. The summed E-state index contributed by atoms with van der Waals surface area (Å²) in [5.74, 6) is -0.246. The Morgan fingerprint density at radius 1 is 1.28 bits per heavy atom. The Bertz CT molecular complexity index is 804. The fraction of sp³-hybridized carbons (Fsp3) is 0.278. The first-order valence-corrected chi connectivity index (χ1v) is 8.78. The van der Waals surface area contributed by atoms with Crippen molar-refractivity contribution >= 4 is 33.2 Å². The third kappa shape index (κ3) is 4.36. The van der Waals surface area contributed by atoms with Crippen LogP contribution in [0.3, 0.4) is 0 Å². The number of nitrogens with zero attached hydrogens (tertiary/aromatic N) is 2. The average molecular weight is 404 g/mol. The molecule has 0 bridgehead atoms. The van der Waals surface area contributed by atoms with Gasteiger partial charge in [-0.05, 0) is 42.7 Å². The van der Waals surface area contributed by atoms with Gasteiger partial charge < -0.3 is 10.2 Å². The van der Waals surface area contributed by atoms with Crippen LogP contribution in [0.5, 0.6) is 0 Å². The minimum Gasteiger partial charge on any atom is -0.377 e. The monoisotopic (exact) mass is 403 g/mol. The molecule has 2 aromatic carbocycles. The van der Waals surface area contributed by atoms with Crippen molar-refractivity contribution in [1.29, 1.82) is 0 Å². The Kier molecular flexibility index (Phi) is 5.03. The minimum absolute atomic E-state index is 0.0604. The Hall–Kier alpha value is -2.41. The Morgan fingerprint density at radius 2 is 1.96 bits per heavy atom. The molecule has 7 heteroatoms. The Balaban J connectivity index is 1.77. The van der Waals surface area contributed by atoms with Crippen molar-refractivity contribution in [2.45, 2.75) is 25.4 Å². The van der Waals surface area contributed by atoms with E-state index in [1.54, 1.807) is 24.1 Å². The number of hydrogen-bond acceptors (Lipinski definition) is 4. The molecule has 0 unspecified atom stereocenters. The van der Waals surface area contributed by atoms with Crippen molar-refractivity contribution in [2.75, 3.05) is 12.4 Å². The molecule has 0 aromatic heterocycles. The highest BCUT2D eigenvalue weighted by Crippen LogP contribution is 2.31. The molecule has 1 aliphatic carbocycles. The number of amides is 1. The van der Waals surface area contributed by atoms with Gasteiger partial charge in [-0.3, -0.25) is 14.9 Å². The number of nitro groups is 1. The van der Waals surface area contributed by atoms with Crippen LogP contribution in [0.2, 0.25) is 0 Å². The summed E-state index contributed by atoms with van der Waals surface area (Å²) < 4.78 is 0.972. The average Bonchev–Trinajstić information content (AvgIpc) is 3.40. The van der Waals surface area contributed by atoms with E-state index < -0.39 is 4.92 Å². The number of halogens is 1. The molecule has 0 atom stereocenters. The van der Waals surface area contributed by atoms with Gasteiger partial charge in [0.1, 0.15) is 5.69 Å². The first kappa shape index (κ1) is 17.4. The summed E-state index contributed by atoms with van der Waals surface area (Å²) in [6.07, 6.45) is 2.04. The molecule has 0 radical (unpaired) electrons. The minimum atomic E-state index is -0.448. The van der Waals surface area contributed by atoms with Crippen LogP contribution >= 0.6 is 15.9 Å². The fourth-order valence-corrected chi connectivity index (χ4v) is 2.81. The van der Waals surface area contributed by atoms with Gasteiger partial charge in [0.25, 0.3) is 11.6 Å². The quantitative estimate of drug-likeness (QED) is 0.578. The third-order valence-electron chi connectivity index (χ3n) is 4.06. The van der Waals surface area contributed by atoms with Crippen LogP contribution in [0.25, 0.3) is 0 Å². The highest BCUT2D eigenvalue weighted by Gasteiger charge is 2.26. The number of anilines is 1. The molecule has 130 valence electrons. The highest BCUT2D eigenvalue weighted by molar-refractivity contribution is 9.10. The molecular weight excluding hydrogens is 386 g/mol. The van der Waals surface area contributed by atoms with E-state index in [1.165, 1.54) is 6.07 Å². The van der Waals surface area contributed by atoms with Crippen LogP contribution in [-0.2, 0) is 6.54 Å². The van der Waals surface area contributed by atoms with Gasteiger partial charge in [0.05, 0.1) is 4.92 Å². The summed E-state index contributed by atoms with van der Waals surface area (Å²) in [5, 5.41) is 14.5. The van der Waals surface area contributed by atoms with Gasteiger partial charge in [0.2, 0.25) is 0 Å². The van der Waals surface area contributed by atoms with E-state index in [4.69, 9.17) is 0 Å². The summed E-state index contributed by atoms with van der Waals surface area (Å²) in [7, 11) is 1.69. The van der Waals surface area contributed by atoms with Crippen LogP contribution in [0.15, 0.2) is 46.9 Å². The first-order valence-electron chi connectivity index (χ1n) is 7.99. The number of hydrogen-bond donors (Lipinski definition) is 1. The maximum absolute atomic E-state index is 12.6. The van der Waals surface area contributed by atoms with Crippen molar-refractivity contribution in [2.24, 2.45) is 0 Å². The molecule has 3 rings (SSSR count). The molecule has 0 saturated heterocycles. The SMILES string of the molecule is CN(Cc1ccc(Br)cc1)C(=O)c1ccc(NC2CC2)c([N+](=O)[O-])c1. The van der Waals surface area contributed by atoms with Crippen molar-refractivity contribution in [3.05, 3.63) is 68.2 Å². The number of rotatable bonds is 6. The van der Waals surface area contributed by atoms with Crippen molar-refractivity contribution in [1.82, 2.24) is 4.90 Å². The predicted octanol–water partition coefficient (Wildman–Crippen LogP) is 4.20. The predicted molar refractivity (Wildman–Crippen MR) is 99.7 cm³/mol. The second-order valence-corrected chi connectivity index (χ2v) is 7.11. The number of nitro benzene ring substituents is 1. The molecule has 0 aliphatic heterocycles. The van der Waals surface area contributed by atoms with E-state index in [0.717, 1.165) is 22.9 Å². The third-order valence-corrected chi connectivity index (χ3v) is 4.59. The van der Waals surface area contributed by atoms with Crippen LogP contribution in [-0.4, -0.2) is 28.8 Å². The number of nitrogens with one attached hydrogen (secondary N) is 1. The zero-order valence-electron chi connectivity index (χ0n) is 13.7. The highest BCUT2D eigenvalue weighted by atomic mass is 79.9. The normalized spacial score (nSPS) is 13.4. The van der Waals surface area contributed by atoms with Gasteiger partial charge in [-0.2, -0.15) is 0 Å². The summed E-state index contributed by atoms with van der Waals surface area (Å²) in [6, 6.07) is 12.6. The fourth-order valence-electron chi connectivity index (χ4n) is 2.54. The van der Waals surface area contributed by atoms with E-state index in [9.17, 15) is 14.9 Å². The summed E-state index contributed by atoms with van der Waals surface area (Å²) in [5.41, 5.74) is 1.71. The zero-order valence-corrected chi connectivity index (χ0v) is 15.3. The lowest BCUT2D eigenvalue weighted by Crippen LogP contribution is -2.26. The van der Waals surface area contributed by atoms with E-state index >= 15 is 0 Å². The van der Waals surface area contributed by atoms with Crippen LogP contribution in [0.1, 0.15) is 28.8 Å². The molecule has 1 aliphatic rings. The number of benzene rings is 2. The van der Waals surface area contributed by atoms with Crippen molar-refractivity contribution < 1.29 is 9.72 Å². The van der Waals surface area contributed by atoms with Gasteiger partial charge in [-0.15, -0.1) is 0 Å². The zero-order chi connectivity index (χ0) is 18.0. The second-order valence-electron chi connectivity index (χ2n) is 6.20. The number of carbonyl (C=O) groups is 1. The molecule has 2 aromatic rings. The molecule has 1 saturated carbocycles. The smallest absolute Gasteiger partial charge is 0.293 e. The standard InChI is InChI=1S/C18H18BrN3O3/c1-21(11-12-2-5-14(19)6-3-12)18(23)13-4-9-16(20-15-7-8-15)17(10-13)22(24)25/h2-6,9-10,15,20H,7-8,11H2,1H3. The van der Waals surface area contributed by atoms with Crippen molar-refractivity contribution in [3.63, 3.8) is 0 Å². The summed E-state index contributed by atoms with van der Waals surface area (Å²) in [6.45, 7) is 0.433. The molecule has 0 spiro atoms. The summed E-state index contributed by atoms with van der Waals surface area (Å²) >= 11 is 3.38. The lowest BCUT2D eigenvalue weighted by atomic mass is 10.1.